The molecule has 7 nitrogen and oxygen atoms in total. The first-order valence-corrected chi connectivity index (χ1v) is 10.5. The third-order valence-corrected chi connectivity index (χ3v) is 6.22. The van der Waals surface area contributed by atoms with E-state index < -0.39 is 12.1 Å². The number of pyridine rings is 2. The Morgan fingerprint density at radius 3 is 2.71 bits per heavy atom. The zero-order valence-corrected chi connectivity index (χ0v) is 16.8. The molecule has 3 aliphatic heterocycles. The van der Waals surface area contributed by atoms with Crippen LogP contribution in [-0.4, -0.2) is 48.0 Å². The number of fused-ring (bicyclic) bond motifs is 3. The van der Waals surface area contributed by atoms with Crippen molar-refractivity contribution in [3.05, 3.63) is 36.5 Å². The number of nitrogens with one attached hydrogen (secondary N) is 1. The number of carbonyl (C=O) groups excluding carboxylic acids is 1. The first-order chi connectivity index (χ1) is 14.9. The van der Waals surface area contributed by atoms with E-state index in [9.17, 15) is 18.0 Å². The Bertz CT molecular complexity index is 969. The molecule has 2 atom stereocenters. The summed E-state index contributed by atoms with van der Waals surface area (Å²) in [7, 11) is 0. The normalized spacial score (nSPS) is 23.0. The fraction of sp³-hybridized carbons (Fsp3) is 0.476. The summed E-state index contributed by atoms with van der Waals surface area (Å²) in [5.41, 5.74) is 0.840. The second-order valence-corrected chi connectivity index (χ2v) is 8.17. The molecule has 0 radical (unpaired) electrons. The molecule has 5 rings (SSSR count). The van der Waals surface area contributed by atoms with Gasteiger partial charge in [0.05, 0.1) is 11.6 Å². The summed E-state index contributed by atoms with van der Waals surface area (Å²) in [6.07, 6.45) is -0.405. The summed E-state index contributed by atoms with van der Waals surface area (Å²) in [4.78, 5) is 27.4. The van der Waals surface area contributed by atoms with Gasteiger partial charge in [-0.2, -0.15) is 13.2 Å². The fourth-order valence-electron chi connectivity index (χ4n) is 4.74. The molecule has 1 N–H and O–H groups in total. The van der Waals surface area contributed by atoms with E-state index in [0.29, 0.717) is 30.4 Å². The van der Waals surface area contributed by atoms with Crippen LogP contribution in [0, 0.1) is 5.92 Å². The van der Waals surface area contributed by atoms with E-state index in [1.54, 1.807) is 40.3 Å². The monoisotopic (exact) mass is 432 g/mol. The molecular weight excluding hydrogens is 409 g/mol. The van der Waals surface area contributed by atoms with Crippen molar-refractivity contribution < 1.29 is 18.0 Å². The summed E-state index contributed by atoms with van der Waals surface area (Å²) >= 11 is 0. The zero-order chi connectivity index (χ0) is 21.6. The van der Waals surface area contributed by atoms with Crippen LogP contribution in [0.15, 0.2) is 36.5 Å². The van der Waals surface area contributed by atoms with Gasteiger partial charge in [-0.05, 0) is 49.9 Å². The summed E-state index contributed by atoms with van der Waals surface area (Å²) in [5.74, 6) is 0.0444. The van der Waals surface area contributed by atoms with Crippen LogP contribution >= 0.6 is 0 Å². The van der Waals surface area contributed by atoms with Crippen molar-refractivity contribution in [3.8, 4) is 0 Å². The van der Waals surface area contributed by atoms with Gasteiger partial charge < -0.3 is 9.80 Å². The summed E-state index contributed by atoms with van der Waals surface area (Å²) in [6.45, 7) is 1.22. The van der Waals surface area contributed by atoms with Crippen LogP contribution in [0.25, 0.3) is 0 Å². The van der Waals surface area contributed by atoms with Gasteiger partial charge in [0.25, 0.3) is 0 Å². The molecule has 1 unspecified atom stereocenters. The van der Waals surface area contributed by atoms with E-state index in [4.69, 9.17) is 0 Å². The molecule has 2 aromatic heterocycles. The maximum Gasteiger partial charge on any atom is 0.393 e. The third-order valence-electron chi connectivity index (χ3n) is 6.22. The molecule has 2 fully saturated rings. The molecule has 10 heteroatoms. The highest BCUT2D eigenvalue weighted by molar-refractivity contribution is 6.05. The van der Waals surface area contributed by atoms with Crippen LogP contribution in [0.2, 0.25) is 0 Å². The Kier molecular flexibility index (Phi) is 4.86. The van der Waals surface area contributed by atoms with E-state index in [2.05, 4.69) is 20.2 Å². The molecule has 2 saturated heterocycles. The summed E-state index contributed by atoms with van der Waals surface area (Å²) < 4.78 is 39.8. The average molecular weight is 432 g/mol. The van der Waals surface area contributed by atoms with E-state index in [1.165, 1.54) is 0 Å². The van der Waals surface area contributed by atoms with Crippen LogP contribution < -0.4 is 20.0 Å². The van der Waals surface area contributed by atoms with Crippen molar-refractivity contribution in [2.45, 2.75) is 38.0 Å². The lowest BCUT2D eigenvalue weighted by Gasteiger charge is -2.34. The summed E-state index contributed by atoms with van der Waals surface area (Å²) in [6, 6.07) is 8.56. The van der Waals surface area contributed by atoms with Crippen LogP contribution in [0.4, 0.5) is 41.1 Å². The zero-order valence-electron chi connectivity index (χ0n) is 16.8. The highest BCUT2D eigenvalue weighted by atomic mass is 19.4. The molecule has 5 heterocycles. The predicted octanol–water partition coefficient (Wildman–Crippen LogP) is 4.23. The standard InChI is InChI=1S/C21H23F3N6O/c22-21(23,24)14-5-3-11-28(13-14)17-9-8-15-19(27-17)30(18-7-4-12-29(15)18)20(31)26-16-6-1-2-10-25-16/h1-2,6,8-10,14,18H,3-5,7,11-13H2,(H,25,26,31)/t14?,18-/m1/s1. The lowest BCUT2D eigenvalue weighted by molar-refractivity contribution is -0.176. The molecule has 0 spiro atoms. The smallest absolute Gasteiger partial charge is 0.356 e. The van der Waals surface area contributed by atoms with Gasteiger partial charge in [0.15, 0.2) is 5.82 Å². The maximum absolute atomic E-state index is 13.3. The highest BCUT2D eigenvalue weighted by Crippen LogP contribution is 2.44. The number of urea groups is 1. The van der Waals surface area contributed by atoms with Crippen LogP contribution in [-0.2, 0) is 0 Å². The van der Waals surface area contributed by atoms with Gasteiger partial charge >= 0.3 is 12.2 Å². The third kappa shape index (κ3) is 3.64. The second-order valence-electron chi connectivity index (χ2n) is 8.17. The molecule has 164 valence electrons. The summed E-state index contributed by atoms with van der Waals surface area (Å²) in [5, 5.41) is 2.81. The molecule has 2 amide bonds. The van der Waals surface area contributed by atoms with Gasteiger partial charge in [-0.15, -0.1) is 0 Å². The van der Waals surface area contributed by atoms with Gasteiger partial charge in [-0.1, -0.05) is 6.07 Å². The Labute approximate surface area is 177 Å². The number of amides is 2. The topological polar surface area (TPSA) is 64.6 Å². The Hall–Kier alpha value is -3.04. The lowest BCUT2D eigenvalue weighted by atomic mass is 9.97. The first-order valence-electron chi connectivity index (χ1n) is 10.5. The van der Waals surface area contributed by atoms with Crippen molar-refractivity contribution >= 4 is 29.2 Å². The number of halogens is 3. The second kappa shape index (κ2) is 7.58. The lowest BCUT2D eigenvalue weighted by Crippen LogP contribution is -2.45. The number of piperidine rings is 1. The molecular formula is C21H23F3N6O. The average Bonchev–Trinajstić information content (AvgIpc) is 3.34. The number of carbonyl (C=O) groups is 1. The number of hydrogen-bond donors (Lipinski definition) is 1. The van der Waals surface area contributed by atoms with Gasteiger partial charge in [-0.3, -0.25) is 10.2 Å². The van der Waals surface area contributed by atoms with Crippen molar-refractivity contribution in [2.24, 2.45) is 5.92 Å². The first kappa shape index (κ1) is 19.9. The SMILES string of the molecule is O=C(Nc1ccccn1)N1c2nc(N3CCCC(C(F)(F)F)C3)ccc2N2CCC[C@H]21. The van der Waals surface area contributed by atoms with Crippen LogP contribution in [0.5, 0.6) is 0 Å². The van der Waals surface area contributed by atoms with Crippen molar-refractivity contribution in [1.82, 2.24) is 9.97 Å². The van der Waals surface area contributed by atoms with Gasteiger partial charge in [0, 0.05) is 25.8 Å². The van der Waals surface area contributed by atoms with Gasteiger partial charge in [0.2, 0.25) is 0 Å². The molecule has 0 bridgehead atoms. The van der Waals surface area contributed by atoms with E-state index in [0.717, 1.165) is 25.1 Å². The molecule has 0 aliphatic carbocycles. The minimum atomic E-state index is -4.22. The van der Waals surface area contributed by atoms with Crippen LogP contribution in [0.1, 0.15) is 25.7 Å². The van der Waals surface area contributed by atoms with Gasteiger partial charge in [0.1, 0.15) is 17.8 Å². The Morgan fingerprint density at radius 2 is 1.94 bits per heavy atom. The number of alkyl halides is 3. The molecule has 0 saturated carbocycles. The highest BCUT2D eigenvalue weighted by Gasteiger charge is 2.45. The number of rotatable bonds is 2. The quantitative estimate of drug-likeness (QED) is 0.769. The van der Waals surface area contributed by atoms with E-state index in [1.807, 2.05) is 6.07 Å². The number of aromatic nitrogens is 2. The van der Waals surface area contributed by atoms with Crippen molar-refractivity contribution in [3.63, 3.8) is 0 Å². The van der Waals surface area contributed by atoms with E-state index in [-0.39, 0.29) is 25.2 Å². The maximum atomic E-state index is 13.3. The minimum absolute atomic E-state index is 0.109. The Balaban J connectivity index is 1.44. The Morgan fingerprint density at radius 1 is 1.10 bits per heavy atom. The molecule has 3 aliphatic rings. The molecule has 2 aromatic rings. The minimum Gasteiger partial charge on any atom is -0.356 e. The van der Waals surface area contributed by atoms with E-state index >= 15 is 0 Å². The predicted molar refractivity (Wildman–Crippen MR) is 111 cm³/mol. The number of nitrogens with zero attached hydrogens (tertiary/aromatic N) is 5. The fourth-order valence-corrected chi connectivity index (χ4v) is 4.74. The largest absolute Gasteiger partial charge is 0.393 e. The van der Waals surface area contributed by atoms with Crippen molar-refractivity contribution in [2.75, 3.05) is 39.7 Å². The molecule has 0 aromatic carbocycles. The van der Waals surface area contributed by atoms with Gasteiger partial charge in [-0.25, -0.2) is 14.8 Å². The van der Waals surface area contributed by atoms with Crippen molar-refractivity contribution in [1.29, 1.82) is 0 Å². The number of hydrogen-bond acceptors (Lipinski definition) is 5. The molecule has 31 heavy (non-hydrogen) atoms. The number of anilines is 4. The van der Waals surface area contributed by atoms with Crippen LogP contribution in [0.3, 0.4) is 0 Å².